The summed E-state index contributed by atoms with van der Waals surface area (Å²) >= 11 is 7.20. The summed E-state index contributed by atoms with van der Waals surface area (Å²) in [7, 11) is 0. The normalized spacial score (nSPS) is 12.1. The van der Waals surface area contributed by atoms with Gasteiger partial charge in [-0.05, 0) is 30.5 Å². The summed E-state index contributed by atoms with van der Waals surface area (Å²) in [5, 5.41) is 11.9. The maximum Gasteiger partial charge on any atom is 0.277 e. The van der Waals surface area contributed by atoms with E-state index in [0.29, 0.717) is 22.1 Å². The largest absolute Gasteiger partial charge is 0.411 e. The second-order valence-corrected chi connectivity index (χ2v) is 7.26. The number of aromatic nitrogens is 2. The average Bonchev–Trinajstić information content (AvgIpc) is 3.09. The van der Waals surface area contributed by atoms with E-state index in [2.05, 4.69) is 29.4 Å². The van der Waals surface area contributed by atoms with Crippen molar-refractivity contribution in [3.05, 3.63) is 29.3 Å². The summed E-state index contributed by atoms with van der Waals surface area (Å²) in [6, 6.07) is 7.22. The van der Waals surface area contributed by atoms with Gasteiger partial charge in [0, 0.05) is 17.1 Å². The van der Waals surface area contributed by atoms with Gasteiger partial charge in [0.1, 0.15) is 0 Å². The highest BCUT2D eigenvalue weighted by atomic mass is 35.5. The number of nitrogens with one attached hydrogen (secondary N) is 1. The summed E-state index contributed by atoms with van der Waals surface area (Å²) in [4.78, 5) is 12.0. The monoisotopic (exact) mass is 381 g/mol. The molecule has 0 radical (unpaired) electrons. The standard InChI is InChI=1S/C18H24ClN3O2S/c1-3-5-7-13(4-2)11-20-16(23)12-25-18-22-21-17(24-18)14-8-6-9-15(19)10-14/h6,8-10,13H,3-5,7,11-12H2,1-2H3,(H,20,23)/t13-/m0/s1. The van der Waals surface area contributed by atoms with E-state index in [1.165, 1.54) is 24.6 Å². The van der Waals surface area contributed by atoms with Crippen molar-refractivity contribution >= 4 is 29.3 Å². The van der Waals surface area contributed by atoms with E-state index in [-0.39, 0.29) is 11.7 Å². The molecule has 1 heterocycles. The molecule has 5 nitrogen and oxygen atoms in total. The Hall–Kier alpha value is -1.53. The van der Waals surface area contributed by atoms with Gasteiger partial charge in [0.25, 0.3) is 5.22 Å². The fraction of sp³-hybridized carbons (Fsp3) is 0.500. The predicted octanol–water partition coefficient (Wildman–Crippen LogP) is 4.81. The minimum Gasteiger partial charge on any atom is -0.411 e. The second kappa shape index (κ2) is 10.5. The number of carbonyl (C=O) groups is 1. The molecule has 0 fully saturated rings. The quantitative estimate of drug-likeness (QED) is 0.598. The highest BCUT2D eigenvalue weighted by Crippen LogP contribution is 2.25. The molecule has 2 rings (SSSR count). The molecule has 1 atom stereocenters. The molecule has 0 bridgehead atoms. The lowest BCUT2D eigenvalue weighted by Gasteiger charge is -2.14. The first-order valence-corrected chi connectivity index (χ1v) is 9.97. The molecule has 0 spiro atoms. The van der Waals surface area contributed by atoms with Crippen molar-refractivity contribution in [2.45, 2.75) is 44.8 Å². The van der Waals surface area contributed by atoms with Crippen LogP contribution in [0.1, 0.15) is 39.5 Å². The molecule has 0 unspecified atom stereocenters. The van der Waals surface area contributed by atoms with Crippen LogP contribution in [0.2, 0.25) is 5.02 Å². The van der Waals surface area contributed by atoms with Crippen molar-refractivity contribution < 1.29 is 9.21 Å². The van der Waals surface area contributed by atoms with Crippen molar-refractivity contribution in [1.82, 2.24) is 15.5 Å². The van der Waals surface area contributed by atoms with E-state index in [0.717, 1.165) is 24.9 Å². The van der Waals surface area contributed by atoms with Gasteiger partial charge < -0.3 is 9.73 Å². The van der Waals surface area contributed by atoms with Crippen LogP contribution in [0.15, 0.2) is 33.9 Å². The molecule has 136 valence electrons. The molecule has 1 amide bonds. The van der Waals surface area contributed by atoms with Gasteiger partial charge in [-0.25, -0.2) is 0 Å². The number of rotatable bonds is 10. The molecule has 0 aliphatic carbocycles. The minimum absolute atomic E-state index is 0.0116. The number of nitrogens with zero attached hydrogens (tertiary/aromatic N) is 2. The Morgan fingerprint density at radius 1 is 1.36 bits per heavy atom. The minimum atomic E-state index is -0.0116. The van der Waals surface area contributed by atoms with Gasteiger partial charge >= 0.3 is 0 Å². The maximum atomic E-state index is 12.0. The van der Waals surface area contributed by atoms with Crippen LogP contribution in [0, 0.1) is 5.92 Å². The van der Waals surface area contributed by atoms with Crippen LogP contribution in [0.4, 0.5) is 0 Å². The summed E-state index contributed by atoms with van der Waals surface area (Å²) < 4.78 is 5.58. The first-order chi connectivity index (χ1) is 12.1. The molecular formula is C18H24ClN3O2S. The number of hydrogen-bond donors (Lipinski definition) is 1. The number of benzene rings is 1. The second-order valence-electron chi connectivity index (χ2n) is 5.89. The van der Waals surface area contributed by atoms with Crippen LogP contribution in [0.3, 0.4) is 0 Å². The van der Waals surface area contributed by atoms with Crippen LogP contribution in [0.25, 0.3) is 11.5 Å². The van der Waals surface area contributed by atoms with Gasteiger partial charge in [-0.15, -0.1) is 10.2 Å². The molecule has 0 aliphatic rings. The van der Waals surface area contributed by atoms with Crippen molar-refractivity contribution in [1.29, 1.82) is 0 Å². The number of carbonyl (C=O) groups excluding carboxylic acids is 1. The lowest BCUT2D eigenvalue weighted by atomic mass is 9.99. The number of unbranched alkanes of at least 4 members (excludes halogenated alkanes) is 1. The fourth-order valence-electron chi connectivity index (χ4n) is 2.39. The molecule has 1 N–H and O–H groups in total. The van der Waals surface area contributed by atoms with E-state index in [9.17, 15) is 4.79 Å². The Bertz CT molecular complexity index is 678. The van der Waals surface area contributed by atoms with Gasteiger partial charge in [-0.1, -0.05) is 62.5 Å². The summed E-state index contributed by atoms with van der Waals surface area (Å²) in [5.74, 6) is 1.20. The van der Waals surface area contributed by atoms with Crippen LogP contribution in [-0.2, 0) is 4.79 Å². The zero-order chi connectivity index (χ0) is 18.1. The molecule has 0 saturated carbocycles. The highest BCUT2D eigenvalue weighted by Gasteiger charge is 2.12. The first kappa shape index (κ1) is 19.8. The van der Waals surface area contributed by atoms with Gasteiger partial charge in [-0.3, -0.25) is 4.79 Å². The summed E-state index contributed by atoms with van der Waals surface area (Å²) in [5.41, 5.74) is 0.762. The third-order valence-electron chi connectivity index (χ3n) is 3.94. The maximum absolute atomic E-state index is 12.0. The van der Waals surface area contributed by atoms with Crippen molar-refractivity contribution in [3.8, 4) is 11.5 Å². The molecule has 1 aromatic heterocycles. The lowest BCUT2D eigenvalue weighted by Crippen LogP contribution is -2.30. The zero-order valence-corrected chi connectivity index (χ0v) is 16.2. The predicted molar refractivity (Wildman–Crippen MR) is 102 cm³/mol. The lowest BCUT2D eigenvalue weighted by molar-refractivity contribution is -0.118. The van der Waals surface area contributed by atoms with Gasteiger partial charge in [0.15, 0.2) is 0 Å². The average molecular weight is 382 g/mol. The van der Waals surface area contributed by atoms with Crippen LogP contribution in [-0.4, -0.2) is 28.4 Å². The van der Waals surface area contributed by atoms with Gasteiger partial charge in [0.05, 0.1) is 5.75 Å². The van der Waals surface area contributed by atoms with Crippen LogP contribution >= 0.6 is 23.4 Å². The van der Waals surface area contributed by atoms with E-state index < -0.39 is 0 Å². The Kier molecular flexibility index (Phi) is 8.28. The first-order valence-electron chi connectivity index (χ1n) is 8.61. The van der Waals surface area contributed by atoms with Crippen LogP contribution < -0.4 is 5.32 Å². The van der Waals surface area contributed by atoms with Crippen molar-refractivity contribution in [3.63, 3.8) is 0 Å². The topological polar surface area (TPSA) is 68.0 Å². The number of amides is 1. The Morgan fingerprint density at radius 2 is 2.20 bits per heavy atom. The van der Waals surface area contributed by atoms with Crippen molar-refractivity contribution in [2.24, 2.45) is 5.92 Å². The third kappa shape index (κ3) is 6.71. The highest BCUT2D eigenvalue weighted by molar-refractivity contribution is 7.99. The Labute approximate surface area is 157 Å². The zero-order valence-electron chi connectivity index (χ0n) is 14.6. The summed E-state index contributed by atoms with van der Waals surface area (Å²) in [6.07, 6.45) is 4.64. The van der Waals surface area contributed by atoms with E-state index >= 15 is 0 Å². The van der Waals surface area contributed by atoms with Crippen LogP contribution in [0.5, 0.6) is 0 Å². The van der Waals surface area contributed by atoms with Gasteiger partial charge in [0.2, 0.25) is 11.8 Å². The van der Waals surface area contributed by atoms with E-state index in [4.69, 9.17) is 16.0 Å². The number of hydrogen-bond acceptors (Lipinski definition) is 5. The Balaban J connectivity index is 1.78. The summed E-state index contributed by atoms with van der Waals surface area (Å²) in [6.45, 7) is 5.08. The number of halogens is 1. The smallest absolute Gasteiger partial charge is 0.277 e. The molecule has 25 heavy (non-hydrogen) atoms. The SMILES string of the molecule is CCCC[C@H](CC)CNC(=O)CSc1nnc(-c2cccc(Cl)c2)o1. The van der Waals surface area contributed by atoms with Crippen molar-refractivity contribution in [2.75, 3.05) is 12.3 Å². The Morgan fingerprint density at radius 3 is 2.92 bits per heavy atom. The van der Waals surface area contributed by atoms with E-state index in [1.54, 1.807) is 12.1 Å². The molecule has 2 aromatic rings. The van der Waals surface area contributed by atoms with Gasteiger partial charge in [-0.2, -0.15) is 0 Å². The molecular weight excluding hydrogens is 358 g/mol. The fourth-order valence-corrected chi connectivity index (χ4v) is 3.17. The van der Waals surface area contributed by atoms with E-state index in [1.807, 2.05) is 12.1 Å². The third-order valence-corrected chi connectivity index (χ3v) is 4.99. The molecule has 1 aromatic carbocycles. The number of thioether (sulfide) groups is 1. The molecule has 0 saturated heterocycles. The molecule has 0 aliphatic heterocycles. The molecule has 7 heteroatoms.